The van der Waals surface area contributed by atoms with E-state index in [9.17, 15) is 9.59 Å². The minimum absolute atomic E-state index is 0.0337. The number of ether oxygens (including phenoxy) is 1. The van der Waals surface area contributed by atoms with E-state index < -0.39 is 0 Å². The Bertz CT molecular complexity index is 705. The van der Waals surface area contributed by atoms with E-state index in [4.69, 9.17) is 4.74 Å². The van der Waals surface area contributed by atoms with E-state index in [2.05, 4.69) is 31.7 Å². The molecule has 2 aromatic rings. The van der Waals surface area contributed by atoms with Gasteiger partial charge in [0.1, 0.15) is 5.75 Å². The smallest absolute Gasteiger partial charge is 0.257 e. The number of aromatic nitrogens is 4. The zero-order chi connectivity index (χ0) is 18.1. The van der Waals surface area contributed by atoms with Crippen LogP contribution in [0.15, 0.2) is 29.4 Å². The van der Waals surface area contributed by atoms with E-state index in [1.807, 2.05) is 0 Å². The average Bonchev–Trinajstić information content (AvgIpc) is 3.03. The van der Waals surface area contributed by atoms with E-state index in [1.165, 1.54) is 16.4 Å². The van der Waals surface area contributed by atoms with E-state index in [0.29, 0.717) is 10.9 Å². The Morgan fingerprint density at radius 3 is 2.56 bits per heavy atom. The number of anilines is 1. The van der Waals surface area contributed by atoms with Crippen molar-refractivity contribution < 1.29 is 14.3 Å². The Kier molecular flexibility index (Phi) is 7.01. The van der Waals surface area contributed by atoms with Crippen molar-refractivity contribution in [1.82, 2.24) is 31.1 Å². The van der Waals surface area contributed by atoms with Gasteiger partial charge in [0.15, 0.2) is 0 Å². The van der Waals surface area contributed by atoms with Gasteiger partial charge in [-0.2, -0.15) is 0 Å². The molecule has 0 saturated heterocycles. The van der Waals surface area contributed by atoms with Crippen LogP contribution in [0.1, 0.15) is 6.42 Å². The minimum Gasteiger partial charge on any atom is -0.497 e. The third kappa shape index (κ3) is 6.30. The maximum Gasteiger partial charge on any atom is 0.257 e. The Balaban J connectivity index is 1.60. The number of hydrogen-bond donors (Lipinski definition) is 3. The lowest BCUT2D eigenvalue weighted by molar-refractivity contribution is -0.127. The summed E-state index contributed by atoms with van der Waals surface area (Å²) in [4.78, 5) is 23.4. The molecule has 2 rings (SSSR count). The summed E-state index contributed by atoms with van der Waals surface area (Å²) in [6.45, 7) is 0.0337. The number of nitrogens with one attached hydrogen (secondary N) is 3. The van der Waals surface area contributed by atoms with E-state index in [0.717, 1.165) is 11.4 Å². The van der Waals surface area contributed by atoms with Gasteiger partial charge in [-0.1, -0.05) is 11.8 Å². The van der Waals surface area contributed by atoms with Crippen LogP contribution in [0.25, 0.3) is 0 Å². The summed E-state index contributed by atoms with van der Waals surface area (Å²) in [5, 5.41) is 14.6. The summed E-state index contributed by atoms with van der Waals surface area (Å²) in [6.07, 6.45) is 0.226. The second kappa shape index (κ2) is 9.47. The van der Waals surface area contributed by atoms with Crippen molar-refractivity contribution in [3.63, 3.8) is 0 Å². The number of carbonyl (C=O) groups excluding carboxylic acids is 2. The van der Waals surface area contributed by atoms with Crippen LogP contribution >= 0.6 is 11.8 Å². The topological polar surface area (TPSA) is 123 Å². The minimum atomic E-state index is -0.352. The normalized spacial score (nSPS) is 10.2. The summed E-state index contributed by atoms with van der Waals surface area (Å²) in [5.41, 5.74) is 5.49. The molecule has 0 aliphatic heterocycles. The monoisotopic (exact) mass is 365 g/mol. The molecule has 2 amide bonds. The van der Waals surface area contributed by atoms with Crippen molar-refractivity contribution in [3.8, 4) is 5.75 Å². The fourth-order valence-corrected chi connectivity index (χ4v) is 2.50. The predicted octanol–water partition coefficient (Wildman–Crippen LogP) is -0.0396. The van der Waals surface area contributed by atoms with Crippen molar-refractivity contribution in [3.05, 3.63) is 24.3 Å². The number of tetrazole rings is 1. The highest BCUT2D eigenvalue weighted by molar-refractivity contribution is 7.99. The largest absolute Gasteiger partial charge is 0.497 e. The van der Waals surface area contributed by atoms with Gasteiger partial charge in [0.2, 0.25) is 11.1 Å². The Morgan fingerprint density at radius 2 is 1.92 bits per heavy atom. The van der Waals surface area contributed by atoms with Crippen molar-refractivity contribution in [2.45, 2.75) is 11.6 Å². The first-order valence-electron chi connectivity index (χ1n) is 7.39. The number of benzene rings is 1. The van der Waals surface area contributed by atoms with Gasteiger partial charge in [-0.05, 0) is 34.7 Å². The molecule has 0 bridgehead atoms. The lowest BCUT2D eigenvalue weighted by Crippen LogP contribution is -2.44. The number of hydrogen-bond acceptors (Lipinski definition) is 8. The third-order valence-corrected chi connectivity index (χ3v) is 4.04. The molecule has 0 unspecified atom stereocenters. The number of methoxy groups -OCH3 is 1. The Hall–Kier alpha value is -2.82. The van der Waals surface area contributed by atoms with Crippen molar-refractivity contribution in [1.29, 1.82) is 0 Å². The highest BCUT2D eigenvalue weighted by Crippen LogP contribution is 2.14. The number of rotatable bonds is 8. The molecule has 3 N–H and O–H groups in total. The highest BCUT2D eigenvalue weighted by Gasteiger charge is 2.07. The van der Waals surface area contributed by atoms with Crippen molar-refractivity contribution >= 4 is 29.3 Å². The number of carbonyl (C=O) groups is 2. The molecule has 134 valence electrons. The first-order valence-corrected chi connectivity index (χ1v) is 8.38. The molecule has 0 atom stereocenters. The zero-order valence-electron chi connectivity index (χ0n) is 13.9. The molecular formula is C14H19N7O3S. The van der Waals surface area contributed by atoms with Gasteiger partial charge in [-0.3, -0.25) is 20.4 Å². The van der Waals surface area contributed by atoms with Gasteiger partial charge in [0.25, 0.3) is 5.91 Å². The number of amides is 2. The fraction of sp³-hybridized carbons (Fsp3) is 0.357. The van der Waals surface area contributed by atoms with Gasteiger partial charge in [0, 0.05) is 24.9 Å². The summed E-state index contributed by atoms with van der Waals surface area (Å²) in [6, 6.07) is 7.16. The summed E-state index contributed by atoms with van der Waals surface area (Å²) < 4.78 is 6.58. The first-order chi connectivity index (χ1) is 12.1. The molecular weight excluding hydrogens is 346 g/mol. The molecule has 0 fully saturated rings. The van der Waals surface area contributed by atoms with Crippen LogP contribution in [0.3, 0.4) is 0 Å². The van der Waals surface area contributed by atoms with Crippen LogP contribution in [-0.4, -0.2) is 51.4 Å². The maximum atomic E-state index is 11.7. The molecule has 0 radical (unpaired) electrons. The molecule has 1 aromatic carbocycles. The van der Waals surface area contributed by atoms with E-state index >= 15 is 0 Å². The summed E-state index contributed by atoms with van der Waals surface area (Å²) in [5.74, 6) is 0.590. The molecule has 0 saturated carbocycles. The van der Waals surface area contributed by atoms with Crippen LogP contribution in [-0.2, 0) is 16.6 Å². The maximum absolute atomic E-state index is 11.7. The molecule has 1 heterocycles. The second-order valence-electron chi connectivity index (χ2n) is 4.86. The van der Waals surface area contributed by atoms with Gasteiger partial charge >= 0.3 is 0 Å². The SMILES string of the molecule is COc1ccc(NCC(=O)NNC(=O)CCSc2nnnn2C)cc1. The molecule has 25 heavy (non-hydrogen) atoms. The Morgan fingerprint density at radius 1 is 1.20 bits per heavy atom. The van der Waals surface area contributed by atoms with Crippen molar-refractivity contribution in [2.24, 2.45) is 7.05 Å². The van der Waals surface area contributed by atoms with E-state index in [1.54, 1.807) is 38.4 Å². The van der Waals surface area contributed by atoms with Crippen LogP contribution in [0.4, 0.5) is 5.69 Å². The fourth-order valence-electron chi connectivity index (χ4n) is 1.72. The van der Waals surface area contributed by atoms with Gasteiger partial charge < -0.3 is 10.1 Å². The van der Waals surface area contributed by atoms with Crippen LogP contribution in [0.5, 0.6) is 5.75 Å². The number of aryl methyl sites for hydroxylation is 1. The standard InChI is InChI=1S/C14H19N7O3S/c1-21-14(18-19-20-21)25-8-7-12(22)16-17-13(23)9-15-10-3-5-11(24-2)6-4-10/h3-6,15H,7-9H2,1-2H3,(H,16,22)(H,17,23). The van der Waals surface area contributed by atoms with Crippen LogP contribution in [0, 0.1) is 0 Å². The van der Waals surface area contributed by atoms with E-state index in [-0.39, 0.29) is 24.8 Å². The molecule has 0 aliphatic rings. The lowest BCUT2D eigenvalue weighted by Gasteiger charge is -2.09. The van der Waals surface area contributed by atoms with Crippen LogP contribution < -0.4 is 20.9 Å². The predicted molar refractivity (Wildman–Crippen MR) is 91.9 cm³/mol. The third-order valence-electron chi connectivity index (χ3n) is 3.03. The Labute approximate surface area is 148 Å². The number of thioether (sulfide) groups is 1. The average molecular weight is 365 g/mol. The molecule has 10 nitrogen and oxygen atoms in total. The number of nitrogens with zero attached hydrogens (tertiary/aromatic N) is 4. The summed E-state index contributed by atoms with van der Waals surface area (Å²) in [7, 11) is 3.31. The van der Waals surface area contributed by atoms with Gasteiger partial charge in [-0.25, -0.2) is 4.68 Å². The zero-order valence-corrected chi connectivity index (χ0v) is 14.7. The quantitative estimate of drug-likeness (QED) is 0.440. The second-order valence-corrected chi connectivity index (χ2v) is 5.92. The van der Waals surface area contributed by atoms with Crippen LogP contribution in [0.2, 0.25) is 0 Å². The first kappa shape index (κ1) is 18.5. The summed E-state index contributed by atoms with van der Waals surface area (Å²) >= 11 is 1.36. The molecule has 1 aromatic heterocycles. The highest BCUT2D eigenvalue weighted by atomic mass is 32.2. The van der Waals surface area contributed by atoms with Gasteiger partial charge in [-0.15, -0.1) is 5.10 Å². The molecule has 0 spiro atoms. The lowest BCUT2D eigenvalue weighted by atomic mass is 10.3. The van der Waals surface area contributed by atoms with Crippen molar-refractivity contribution in [2.75, 3.05) is 24.7 Å². The molecule has 0 aliphatic carbocycles. The van der Waals surface area contributed by atoms with Gasteiger partial charge in [0.05, 0.1) is 13.7 Å². The number of hydrazine groups is 1. The molecule has 11 heteroatoms.